The van der Waals surface area contributed by atoms with E-state index in [9.17, 15) is 22.4 Å². The van der Waals surface area contributed by atoms with Gasteiger partial charge in [0.05, 0.1) is 35.5 Å². The topological polar surface area (TPSA) is 105 Å². The van der Waals surface area contributed by atoms with E-state index in [4.69, 9.17) is 4.74 Å². The number of pyridine rings is 1. The first-order valence-electron chi connectivity index (χ1n) is 11.1. The molecule has 0 unspecified atom stereocenters. The Morgan fingerprint density at radius 2 is 2.03 bits per heavy atom. The monoisotopic (exact) mass is 525 g/mol. The molecule has 1 aliphatic rings. The van der Waals surface area contributed by atoms with Gasteiger partial charge >= 0.3 is 6.18 Å². The van der Waals surface area contributed by atoms with Crippen molar-refractivity contribution in [1.82, 2.24) is 24.2 Å². The number of nitrogens with zero attached hydrogens (tertiary/aromatic N) is 5. The number of aromatic nitrogens is 4. The molecule has 14 heteroatoms. The number of ether oxygens (including phenoxy) is 1. The van der Waals surface area contributed by atoms with Gasteiger partial charge in [-0.15, -0.1) is 0 Å². The van der Waals surface area contributed by atoms with Crippen molar-refractivity contribution in [3.05, 3.63) is 47.7 Å². The van der Waals surface area contributed by atoms with Gasteiger partial charge in [-0.05, 0) is 37.5 Å². The summed E-state index contributed by atoms with van der Waals surface area (Å²) in [5.41, 5.74) is -0.138. The van der Waals surface area contributed by atoms with E-state index in [0.717, 1.165) is 30.8 Å². The minimum absolute atomic E-state index is 0.0276. The summed E-state index contributed by atoms with van der Waals surface area (Å²) in [6, 6.07) is 3.13. The third-order valence-corrected chi connectivity index (χ3v) is 6.41. The summed E-state index contributed by atoms with van der Waals surface area (Å²) in [6.07, 6.45) is -2.83. The largest absolute Gasteiger partial charge is 0.471 e. The number of carbonyl (C=O) groups is 1. The van der Waals surface area contributed by atoms with E-state index in [0.29, 0.717) is 35.5 Å². The Morgan fingerprint density at radius 3 is 2.64 bits per heavy atom. The van der Waals surface area contributed by atoms with Crippen LogP contribution in [0.1, 0.15) is 35.1 Å². The Bertz CT molecular complexity index is 1190. The molecule has 9 nitrogen and oxygen atoms in total. The average Bonchev–Trinajstić information content (AvgIpc) is 3.21. The van der Waals surface area contributed by atoms with Crippen molar-refractivity contribution in [3.8, 4) is 5.88 Å². The molecule has 4 rings (SSSR count). The van der Waals surface area contributed by atoms with E-state index in [1.165, 1.54) is 6.20 Å². The highest BCUT2D eigenvalue weighted by molar-refractivity contribution is 7.10. The molecule has 0 radical (unpaired) electrons. The van der Waals surface area contributed by atoms with Gasteiger partial charge < -0.3 is 20.3 Å². The van der Waals surface area contributed by atoms with E-state index < -0.39 is 30.1 Å². The van der Waals surface area contributed by atoms with Crippen molar-refractivity contribution < 1.29 is 27.1 Å². The van der Waals surface area contributed by atoms with Gasteiger partial charge in [-0.3, -0.25) is 4.79 Å². The highest BCUT2D eigenvalue weighted by atomic mass is 32.1. The highest BCUT2D eigenvalue weighted by Gasteiger charge is 2.33. The maximum Gasteiger partial charge on any atom is 0.434 e. The maximum absolute atomic E-state index is 14.4. The molecular formula is C22H23F4N7O2S. The van der Waals surface area contributed by atoms with Crippen LogP contribution in [0, 0.1) is 6.92 Å². The lowest BCUT2D eigenvalue weighted by Gasteiger charge is -2.33. The molecular weight excluding hydrogens is 502 g/mol. The number of halogens is 4. The van der Waals surface area contributed by atoms with Crippen LogP contribution in [0.2, 0.25) is 0 Å². The van der Waals surface area contributed by atoms with Crippen molar-refractivity contribution in [3.63, 3.8) is 0 Å². The summed E-state index contributed by atoms with van der Waals surface area (Å²) in [5.74, 6) is -0.225. The lowest BCUT2D eigenvalue weighted by molar-refractivity contribution is -0.141. The van der Waals surface area contributed by atoms with Gasteiger partial charge in [0.15, 0.2) is 5.69 Å². The molecule has 0 aliphatic carbocycles. The fraction of sp³-hybridized carbons (Fsp3) is 0.409. The number of aryl methyl sites for hydroxylation is 1. The molecule has 1 aliphatic heterocycles. The smallest absolute Gasteiger partial charge is 0.434 e. The summed E-state index contributed by atoms with van der Waals surface area (Å²) in [7, 11) is 0. The zero-order valence-corrected chi connectivity index (χ0v) is 20.2. The van der Waals surface area contributed by atoms with Gasteiger partial charge in [0.2, 0.25) is 5.88 Å². The highest BCUT2D eigenvalue weighted by Crippen LogP contribution is 2.30. The number of hydrogen-bond donors (Lipinski definition) is 2. The number of likely N-dealkylation sites (tertiary alicyclic amines) is 1. The molecule has 2 N–H and O–H groups in total. The normalized spacial score (nSPS) is 18.6. The minimum Gasteiger partial charge on any atom is -0.471 e. The molecule has 0 aromatic carbocycles. The summed E-state index contributed by atoms with van der Waals surface area (Å²) < 4.78 is 62.3. The van der Waals surface area contributed by atoms with Crippen LogP contribution < -0.4 is 15.4 Å². The number of alkyl halides is 4. The Labute approximate surface area is 208 Å². The molecule has 0 bridgehead atoms. The second-order valence-corrected chi connectivity index (χ2v) is 8.85. The second kappa shape index (κ2) is 10.7. The van der Waals surface area contributed by atoms with Gasteiger partial charge in [-0.1, -0.05) is 6.92 Å². The number of amides is 1. The van der Waals surface area contributed by atoms with Gasteiger partial charge in [0.1, 0.15) is 23.1 Å². The maximum atomic E-state index is 14.4. The van der Waals surface area contributed by atoms with Crippen LogP contribution in [0.5, 0.6) is 5.88 Å². The van der Waals surface area contributed by atoms with Gasteiger partial charge in [-0.25, -0.2) is 19.3 Å². The van der Waals surface area contributed by atoms with Crippen LogP contribution in [-0.2, 0) is 6.18 Å². The van der Waals surface area contributed by atoms with Crippen molar-refractivity contribution in [1.29, 1.82) is 0 Å². The molecule has 0 spiro atoms. The number of anilines is 3. The van der Waals surface area contributed by atoms with Gasteiger partial charge in [0, 0.05) is 19.2 Å². The molecule has 2 atom stereocenters. The Hall–Kier alpha value is -3.39. The first-order valence-corrected chi connectivity index (χ1v) is 11.8. The first-order chi connectivity index (χ1) is 17.1. The molecule has 3 aromatic rings. The minimum atomic E-state index is -4.60. The van der Waals surface area contributed by atoms with E-state index in [1.807, 2.05) is 11.8 Å². The third kappa shape index (κ3) is 6.05. The fourth-order valence-electron chi connectivity index (χ4n) is 3.62. The van der Waals surface area contributed by atoms with Gasteiger partial charge in [0.25, 0.3) is 5.91 Å². The van der Waals surface area contributed by atoms with E-state index in [1.54, 1.807) is 19.1 Å². The average molecular weight is 526 g/mol. The molecule has 192 valence electrons. The SMILES string of the molecule is CCN1CC[C@H](Oc2ccc(NC(=O)c3c(C)nsc3Nc3cnc(C(F)(F)F)cn3)cn2)[C@H](F)C1. The van der Waals surface area contributed by atoms with Crippen molar-refractivity contribution in [2.75, 3.05) is 30.3 Å². The summed E-state index contributed by atoms with van der Waals surface area (Å²) in [5, 5.41) is 5.77. The number of carbonyl (C=O) groups excluding carboxylic acids is 1. The predicted octanol–water partition coefficient (Wildman–Crippen LogP) is 4.46. The van der Waals surface area contributed by atoms with Crippen LogP contribution in [0.15, 0.2) is 30.7 Å². The Balaban J connectivity index is 1.39. The van der Waals surface area contributed by atoms with Crippen LogP contribution in [-0.4, -0.2) is 62.0 Å². The Morgan fingerprint density at radius 1 is 1.22 bits per heavy atom. The van der Waals surface area contributed by atoms with Crippen LogP contribution >= 0.6 is 11.5 Å². The summed E-state index contributed by atoms with van der Waals surface area (Å²) in [6.45, 7) is 5.46. The molecule has 0 saturated carbocycles. The van der Waals surface area contributed by atoms with E-state index in [2.05, 4.69) is 30.0 Å². The lowest BCUT2D eigenvalue weighted by atomic mass is 10.1. The van der Waals surface area contributed by atoms with Crippen LogP contribution in [0.4, 0.5) is 34.1 Å². The van der Waals surface area contributed by atoms with Crippen molar-refractivity contribution in [2.24, 2.45) is 0 Å². The molecule has 1 saturated heterocycles. The quantitative estimate of drug-likeness (QED) is 0.436. The molecule has 1 fully saturated rings. The molecule has 1 amide bonds. The van der Waals surface area contributed by atoms with Crippen LogP contribution in [0.3, 0.4) is 0 Å². The zero-order chi connectivity index (χ0) is 25.9. The van der Waals surface area contributed by atoms with Crippen LogP contribution in [0.25, 0.3) is 0 Å². The lowest BCUT2D eigenvalue weighted by Crippen LogP contribution is -2.46. The summed E-state index contributed by atoms with van der Waals surface area (Å²) in [4.78, 5) is 26.2. The molecule has 4 heterocycles. The summed E-state index contributed by atoms with van der Waals surface area (Å²) >= 11 is 0.957. The van der Waals surface area contributed by atoms with Crippen molar-refractivity contribution >= 4 is 33.9 Å². The molecule has 3 aromatic heterocycles. The Kier molecular flexibility index (Phi) is 7.64. The molecule has 36 heavy (non-hydrogen) atoms. The third-order valence-electron chi connectivity index (χ3n) is 5.55. The number of hydrogen-bond acceptors (Lipinski definition) is 9. The standard InChI is InChI=1S/C22H23F4N7O2S/c1-3-33-7-6-15(14(23)11-33)35-18-5-4-13(8-29-18)30-20(34)19-12(2)32-36-21(19)31-17-10-27-16(9-28-17)22(24,25)26/h4-5,8-10,14-15H,3,6-7,11H2,1-2H3,(H,28,31)(H,30,34)/t14-,15+/m1/s1. The predicted molar refractivity (Wildman–Crippen MR) is 125 cm³/mol. The van der Waals surface area contributed by atoms with Gasteiger partial charge in [-0.2, -0.15) is 17.5 Å². The first kappa shape index (κ1) is 25.7. The number of rotatable bonds is 7. The zero-order valence-electron chi connectivity index (χ0n) is 19.3. The van der Waals surface area contributed by atoms with E-state index in [-0.39, 0.29) is 17.3 Å². The second-order valence-electron chi connectivity index (χ2n) is 8.08. The fourth-order valence-corrected chi connectivity index (χ4v) is 4.42. The van der Waals surface area contributed by atoms with E-state index >= 15 is 0 Å². The van der Waals surface area contributed by atoms with Crippen molar-refractivity contribution in [2.45, 2.75) is 38.7 Å². The number of piperidine rings is 1. The number of nitrogens with one attached hydrogen (secondary N) is 2.